The van der Waals surface area contributed by atoms with Crippen LogP contribution in [0.3, 0.4) is 0 Å². The Morgan fingerprint density at radius 2 is 1.18 bits per heavy atom. The van der Waals surface area contributed by atoms with Crippen molar-refractivity contribution in [2.75, 3.05) is 0 Å². The fourth-order valence-corrected chi connectivity index (χ4v) is 1.70. The summed E-state index contributed by atoms with van der Waals surface area (Å²) in [6.45, 7) is 2.93. The van der Waals surface area contributed by atoms with Crippen molar-refractivity contribution < 1.29 is 8.78 Å². The van der Waals surface area contributed by atoms with Crippen molar-refractivity contribution in [2.24, 2.45) is 0 Å². The zero-order chi connectivity index (χ0) is 12.5. The van der Waals surface area contributed by atoms with Gasteiger partial charge in [-0.05, 0) is 18.1 Å². The first-order valence-corrected chi connectivity index (χ1v) is 5.52. The number of aryl methyl sites for hydroxylation is 1. The van der Waals surface area contributed by atoms with Crippen molar-refractivity contribution in [2.45, 2.75) is 19.8 Å². The smallest absolute Gasteiger partial charge is 0.202 e. The standard InChI is InChI=1S/C15H14F2/c1-11-3-5-12(6-4-11)13-7-9-14(10-8-13)15(2,16)17/h3-10H,1-2H3. The molecule has 2 rings (SSSR count). The normalized spacial score (nSPS) is 11.5. The van der Waals surface area contributed by atoms with Crippen LogP contribution in [0.5, 0.6) is 0 Å². The minimum absolute atomic E-state index is 0.0494. The quantitative estimate of drug-likeness (QED) is 0.699. The fourth-order valence-electron chi connectivity index (χ4n) is 1.70. The maximum Gasteiger partial charge on any atom is 0.270 e. The summed E-state index contributed by atoms with van der Waals surface area (Å²) in [6.07, 6.45) is 0. The molecule has 2 aromatic carbocycles. The minimum Gasteiger partial charge on any atom is -0.202 e. The second kappa shape index (κ2) is 4.28. The van der Waals surface area contributed by atoms with Crippen molar-refractivity contribution in [1.82, 2.24) is 0 Å². The van der Waals surface area contributed by atoms with Gasteiger partial charge in [-0.3, -0.25) is 0 Å². The van der Waals surface area contributed by atoms with Crippen molar-refractivity contribution in [3.8, 4) is 11.1 Å². The van der Waals surface area contributed by atoms with Gasteiger partial charge in [-0.15, -0.1) is 0 Å². The molecule has 0 spiro atoms. The largest absolute Gasteiger partial charge is 0.270 e. The van der Waals surface area contributed by atoms with Crippen LogP contribution in [-0.2, 0) is 5.92 Å². The second-order valence-corrected chi connectivity index (χ2v) is 4.33. The molecule has 0 atom stereocenters. The Balaban J connectivity index is 2.33. The predicted molar refractivity (Wildman–Crippen MR) is 66.2 cm³/mol. The molecule has 0 N–H and O–H groups in total. The topological polar surface area (TPSA) is 0 Å². The maximum atomic E-state index is 13.0. The summed E-state index contributed by atoms with van der Waals surface area (Å²) in [6, 6.07) is 14.4. The molecule has 0 amide bonds. The molecule has 0 unspecified atom stereocenters. The Hall–Kier alpha value is -1.70. The lowest BCUT2D eigenvalue weighted by Gasteiger charge is -2.11. The zero-order valence-corrected chi connectivity index (χ0v) is 9.87. The van der Waals surface area contributed by atoms with Gasteiger partial charge in [0.05, 0.1) is 0 Å². The summed E-state index contributed by atoms with van der Waals surface area (Å²) in [5.74, 6) is -2.77. The molecule has 0 radical (unpaired) electrons. The van der Waals surface area contributed by atoms with E-state index in [-0.39, 0.29) is 5.56 Å². The van der Waals surface area contributed by atoms with Crippen LogP contribution >= 0.6 is 0 Å². The van der Waals surface area contributed by atoms with E-state index in [9.17, 15) is 8.78 Å². The molecule has 0 heterocycles. The molecule has 0 aliphatic heterocycles. The highest BCUT2D eigenvalue weighted by Crippen LogP contribution is 2.29. The molecule has 0 nitrogen and oxygen atoms in total. The maximum absolute atomic E-state index is 13.0. The van der Waals surface area contributed by atoms with Gasteiger partial charge in [-0.1, -0.05) is 54.1 Å². The van der Waals surface area contributed by atoms with Gasteiger partial charge in [0.2, 0.25) is 0 Å². The van der Waals surface area contributed by atoms with E-state index in [1.54, 1.807) is 12.1 Å². The summed E-state index contributed by atoms with van der Waals surface area (Å²) in [4.78, 5) is 0. The van der Waals surface area contributed by atoms with Crippen LogP contribution in [0.1, 0.15) is 18.1 Å². The third kappa shape index (κ3) is 2.70. The van der Waals surface area contributed by atoms with E-state index < -0.39 is 5.92 Å². The number of rotatable bonds is 2. The van der Waals surface area contributed by atoms with E-state index in [1.165, 1.54) is 17.7 Å². The average molecular weight is 232 g/mol. The molecule has 0 aromatic heterocycles. The molecule has 0 aliphatic rings. The summed E-state index contributed by atoms with van der Waals surface area (Å²) in [5, 5.41) is 0. The second-order valence-electron chi connectivity index (χ2n) is 4.33. The molecular formula is C15H14F2. The van der Waals surface area contributed by atoms with Gasteiger partial charge in [0.1, 0.15) is 0 Å². The van der Waals surface area contributed by atoms with Crippen LogP contribution in [0.25, 0.3) is 11.1 Å². The molecular weight excluding hydrogens is 218 g/mol. The van der Waals surface area contributed by atoms with Crippen molar-refractivity contribution in [1.29, 1.82) is 0 Å². The zero-order valence-electron chi connectivity index (χ0n) is 9.87. The Morgan fingerprint density at radius 1 is 0.765 bits per heavy atom. The third-order valence-electron chi connectivity index (χ3n) is 2.78. The van der Waals surface area contributed by atoms with Gasteiger partial charge >= 0.3 is 0 Å². The van der Waals surface area contributed by atoms with E-state index in [4.69, 9.17) is 0 Å². The van der Waals surface area contributed by atoms with E-state index in [2.05, 4.69) is 0 Å². The Kier molecular flexibility index (Phi) is 2.97. The molecule has 0 aliphatic carbocycles. The molecule has 0 saturated heterocycles. The summed E-state index contributed by atoms with van der Waals surface area (Å²) in [5.41, 5.74) is 3.23. The van der Waals surface area contributed by atoms with Crippen molar-refractivity contribution in [3.05, 3.63) is 59.7 Å². The monoisotopic (exact) mass is 232 g/mol. The molecule has 0 bridgehead atoms. The third-order valence-corrected chi connectivity index (χ3v) is 2.78. The highest BCUT2D eigenvalue weighted by molar-refractivity contribution is 5.64. The lowest BCUT2D eigenvalue weighted by atomic mass is 10.0. The number of alkyl halides is 2. The van der Waals surface area contributed by atoms with Crippen LogP contribution < -0.4 is 0 Å². The van der Waals surface area contributed by atoms with Gasteiger partial charge in [0.25, 0.3) is 5.92 Å². The van der Waals surface area contributed by atoms with E-state index in [0.717, 1.165) is 18.1 Å². The summed E-state index contributed by atoms with van der Waals surface area (Å²) < 4.78 is 26.1. The molecule has 0 fully saturated rings. The summed E-state index contributed by atoms with van der Waals surface area (Å²) in [7, 11) is 0. The van der Waals surface area contributed by atoms with E-state index >= 15 is 0 Å². The van der Waals surface area contributed by atoms with Crippen LogP contribution in [0, 0.1) is 6.92 Å². The number of benzene rings is 2. The SMILES string of the molecule is Cc1ccc(-c2ccc(C(C)(F)F)cc2)cc1. The average Bonchev–Trinajstić information content (AvgIpc) is 2.29. The molecule has 2 heteroatoms. The Bertz CT molecular complexity index is 490. The first-order valence-electron chi connectivity index (χ1n) is 5.52. The van der Waals surface area contributed by atoms with E-state index in [1.807, 2.05) is 31.2 Å². The lowest BCUT2D eigenvalue weighted by Crippen LogP contribution is -2.06. The van der Waals surface area contributed by atoms with Crippen LogP contribution in [0.4, 0.5) is 8.78 Å². The molecule has 88 valence electrons. The van der Waals surface area contributed by atoms with Crippen molar-refractivity contribution >= 4 is 0 Å². The summed E-state index contributed by atoms with van der Waals surface area (Å²) >= 11 is 0. The fraction of sp³-hybridized carbons (Fsp3) is 0.200. The van der Waals surface area contributed by atoms with Gasteiger partial charge in [0, 0.05) is 12.5 Å². The van der Waals surface area contributed by atoms with Gasteiger partial charge < -0.3 is 0 Å². The Morgan fingerprint density at radius 3 is 1.59 bits per heavy atom. The number of hydrogen-bond donors (Lipinski definition) is 0. The van der Waals surface area contributed by atoms with Crippen LogP contribution in [-0.4, -0.2) is 0 Å². The number of hydrogen-bond acceptors (Lipinski definition) is 0. The van der Waals surface area contributed by atoms with Gasteiger partial charge in [-0.25, -0.2) is 8.78 Å². The highest BCUT2D eigenvalue weighted by atomic mass is 19.3. The predicted octanol–water partition coefficient (Wildman–Crippen LogP) is 4.77. The van der Waals surface area contributed by atoms with Gasteiger partial charge in [0.15, 0.2) is 0 Å². The Labute approximate surface area is 99.9 Å². The minimum atomic E-state index is -2.77. The van der Waals surface area contributed by atoms with E-state index in [0.29, 0.717) is 0 Å². The molecule has 2 aromatic rings. The number of halogens is 2. The first-order chi connectivity index (χ1) is 7.97. The van der Waals surface area contributed by atoms with Crippen LogP contribution in [0.2, 0.25) is 0 Å². The highest BCUT2D eigenvalue weighted by Gasteiger charge is 2.23. The molecule has 0 saturated carbocycles. The first kappa shape index (κ1) is 11.8. The molecule has 17 heavy (non-hydrogen) atoms. The lowest BCUT2D eigenvalue weighted by molar-refractivity contribution is 0.0175. The van der Waals surface area contributed by atoms with Crippen LogP contribution in [0.15, 0.2) is 48.5 Å². The van der Waals surface area contributed by atoms with Gasteiger partial charge in [-0.2, -0.15) is 0 Å². The van der Waals surface area contributed by atoms with Crippen molar-refractivity contribution in [3.63, 3.8) is 0 Å².